The summed E-state index contributed by atoms with van der Waals surface area (Å²) >= 11 is 1.40. The lowest BCUT2D eigenvalue weighted by Gasteiger charge is -2.24. The molecule has 0 fully saturated rings. The van der Waals surface area contributed by atoms with Crippen LogP contribution in [0.2, 0.25) is 0 Å². The fourth-order valence-electron chi connectivity index (χ4n) is 3.46. The molecular formula is C27H25N3O4S. The van der Waals surface area contributed by atoms with Crippen LogP contribution in [0.4, 0.5) is 5.13 Å². The van der Waals surface area contributed by atoms with Crippen LogP contribution in [0, 0.1) is 0 Å². The van der Waals surface area contributed by atoms with Gasteiger partial charge >= 0.3 is 0 Å². The fraction of sp³-hybridized carbons (Fsp3) is 0.148. The monoisotopic (exact) mass is 487 g/mol. The Morgan fingerprint density at radius 1 is 0.914 bits per heavy atom. The summed E-state index contributed by atoms with van der Waals surface area (Å²) in [5, 5.41) is 25.1. The molecule has 0 saturated heterocycles. The molecule has 0 atom stereocenters. The molecule has 4 N–H and O–H groups in total. The Labute approximate surface area is 207 Å². The number of phenolic OH excluding ortho intramolecular Hbond substituents is 2. The van der Waals surface area contributed by atoms with E-state index >= 15 is 0 Å². The molecule has 1 aromatic heterocycles. The first kappa shape index (κ1) is 24.0. The van der Waals surface area contributed by atoms with Gasteiger partial charge in [0.1, 0.15) is 5.54 Å². The molecule has 0 spiro atoms. The van der Waals surface area contributed by atoms with Crippen LogP contribution >= 0.6 is 11.3 Å². The first-order valence-corrected chi connectivity index (χ1v) is 11.8. The minimum absolute atomic E-state index is 0.118. The smallest absolute Gasteiger partial charge is 0.252 e. The van der Waals surface area contributed by atoms with E-state index in [1.807, 2.05) is 60.7 Å². The van der Waals surface area contributed by atoms with Crippen LogP contribution in [-0.4, -0.2) is 32.6 Å². The Morgan fingerprint density at radius 3 is 2.23 bits per heavy atom. The predicted octanol–water partition coefficient (Wildman–Crippen LogP) is 4.96. The number of carbonyl (C=O) groups excluding carboxylic acids is 2. The highest BCUT2D eigenvalue weighted by Crippen LogP contribution is 2.33. The number of hydrogen-bond donors (Lipinski definition) is 4. The first-order valence-electron chi connectivity index (χ1n) is 11.0. The Bertz CT molecular complexity index is 1350. The van der Waals surface area contributed by atoms with Crippen molar-refractivity contribution in [2.45, 2.75) is 25.8 Å². The second kappa shape index (κ2) is 9.99. The standard InChI is InChI=1S/C27H25N3O4S/c1-27(2,30-24(33)19-13-14-20(31)21(32)16-19)25(34)29-26-28-23(18-11-7-4-8-12-18)22(35-26)15-17-9-5-3-6-10-17/h3-14,16,31-32H,15H2,1-2H3,(H,30,33)(H,28,29,34). The predicted molar refractivity (Wildman–Crippen MR) is 137 cm³/mol. The van der Waals surface area contributed by atoms with Crippen LogP contribution in [-0.2, 0) is 11.2 Å². The van der Waals surface area contributed by atoms with Gasteiger partial charge in [-0.25, -0.2) is 4.98 Å². The minimum Gasteiger partial charge on any atom is -0.504 e. The molecule has 7 nitrogen and oxygen atoms in total. The molecule has 0 aliphatic heterocycles. The topological polar surface area (TPSA) is 112 Å². The second-order valence-electron chi connectivity index (χ2n) is 8.56. The Balaban J connectivity index is 1.54. The number of rotatable bonds is 7. The van der Waals surface area contributed by atoms with Crippen molar-refractivity contribution < 1.29 is 19.8 Å². The van der Waals surface area contributed by atoms with Crippen LogP contribution in [0.3, 0.4) is 0 Å². The molecule has 0 aliphatic carbocycles. The summed E-state index contributed by atoms with van der Waals surface area (Å²) in [7, 11) is 0. The lowest BCUT2D eigenvalue weighted by molar-refractivity contribution is -0.120. The van der Waals surface area contributed by atoms with E-state index in [-0.39, 0.29) is 11.3 Å². The molecule has 4 aromatic rings. The molecule has 0 saturated carbocycles. The molecule has 1 heterocycles. The molecule has 0 radical (unpaired) electrons. The van der Waals surface area contributed by atoms with E-state index in [1.165, 1.54) is 23.5 Å². The highest BCUT2D eigenvalue weighted by molar-refractivity contribution is 7.16. The van der Waals surface area contributed by atoms with Gasteiger partial charge in [0.25, 0.3) is 11.8 Å². The normalized spacial score (nSPS) is 11.1. The number of nitrogens with zero attached hydrogens (tertiary/aromatic N) is 1. The lowest BCUT2D eigenvalue weighted by atomic mass is 10.0. The van der Waals surface area contributed by atoms with E-state index in [0.29, 0.717) is 11.6 Å². The van der Waals surface area contributed by atoms with Crippen molar-refractivity contribution in [3.8, 4) is 22.8 Å². The number of amides is 2. The zero-order valence-electron chi connectivity index (χ0n) is 19.3. The van der Waals surface area contributed by atoms with Crippen LogP contribution in [0.5, 0.6) is 11.5 Å². The number of hydrogen-bond acceptors (Lipinski definition) is 6. The third kappa shape index (κ3) is 5.67. The van der Waals surface area contributed by atoms with Crippen molar-refractivity contribution in [2.24, 2.45) is 0 Å². The van der Waals surface area contributed by atoms with Crippen molar-refractivity contribution in [2.75, 3.05) is 5.32 Å². The molecule has 35 heavy (non-hydrogen) atoms. The molecule has 3 aromatic carbocycles. The Hall–Kier alpha value is -4.17. The zero-order valence-corrected chi connectivity index (χ0v) is 20.1. The van der Waals surface area contributed by atoms with Gasteiger partial charge in [-0.1, -0.05) is 60.7 Å². The van der Waals surface area contributed by atoms with E-state index in [9.17, 15) is 19.8 Å². The molecule has 0 bridgehead atoms. The quantitative estimate of drug-likeness (QED) is 0.275. The van der Waals surface area contributed by atoms with Crippen molar-refractivity contribution in [3.05, 3.63) is 94.9 Å². The van der Waals surface area contributed by atoms with Crippen molar-refractivity contribution >= 4 is 28.3 Å². The minimum atomic E-state index is -1.28. The summed E-state index contributed by atoms with van der Waals surface area (Å²) in [5.41, 5.74) is 1.73. The number of anilines is 1. The highest BCUT2D eigenvalue weighted by atomic mass is 32.1. The number of aromatic hydroxyl groups is 2. The largest absolute Gasteiger partial charge is 0.504 e. The van der Waals surface area contributed by atoms with Crippen LogP contribution in [0.1, 0.15) is 34.6 Å². The number of thiazole rings is 1. The van der Waals surface area contributed by atoms with Crippen molar-refractivity contribution in [3.63, 3.8) is 0 Å². The van der Waals surface area contributed by atoms with E-state index in [1.54, 1.807) is 13.8 Å². The maximum atomic E-state index is 13.1. The van der Waals surface area contributed by atoms with Crippen LogP contribution < -0.4 is 10.6 Å². The number of aromatic nitrogens is 1. The van der Waals surface area contributed by atoms with E-state index in [0.717, 1.165) is 27.8 Å². The molecule has 0 aliphatic rings. The third-order valence-corrected chi connectivity index (χ3v) is 6.37. The third-order valence-electron chi connectivity index (χ3n) is 5.40. The fourth-order valence-corrected chi connectivity index (χ4v) is 4.47. The molecule has 178 valence electrons. The van der Waals surface area contributed by atoms with Crippen molar-refractivity contribution in [1.82, 2.24) is 10.3 Å². The average molecular weight is 488 g/mol. The maximum absolute atomic E-state index is 13.1. The van der Waals surface area contributed by atoms with Crippen molar-refractivity contribution in [1.29, 1.82) is 0 Å². The van der Waals surface area contributed by atoms with E-state index in [2.05, 4.69) is 10.6 Å². The first-order chi connectivity index (χ1) is 16.7. The second-order valence-corrected chi connectivity index (χ2v) is 9.64. The summed E-state index contributed by atoms with van der Waals surface area (Å²) in [6, 6.07) is 23.5. The van der Waals surface area contributed by atoms with E-state index in [4.69, 9.17) is 4.98 Å². The summed E-state index contributed by atoms with van der Waals surface area (Å²) in [6.45, 7) is 3.16. The van der Waals surface area contributed by atoms with Gasteiger partial charge in [0.2, 0.25) is 0 Å². The van der Waals surface area contributed by atoms with Gasteiger partial charge in [-0.3, -0.25) is 14.9 Å². The Morgan fingerprint density at radius 2 is 1.57 bits per heavy atom. The molecule has 8 heteroatoms. The lowest BCUT2D eigenvalue weighted by Crippen LogP contribution is -2.52. The van der Waals surface area contributed by atoms with Gasteiger partial charge in [0.05, 0.1) is 5.69 Å². The average Bonchev–Trinajstić information content (AvgIpc) is 3.23. The summed E-state index contributed by atoms with van der Waals surface area (Å²) in [6.07, 6.45) is 0.670. The van der Waals surface area contributed by atoms with Gasteiger partial charge in [0.15, 0.2) is 16.6 Å². The van der Waals surface area contributed by atoms with E-state index < -0.39 is 23.1 Å². The van der Waals surface area contributed by atoms with Gasteiger partial charge < -0.3 is 15.5 Å². The number of benzene rings is 3. The maximum Gasteiger partial charge on any atom is 0.252 e. The number of phenols is 2. The van der Waals surface area contributed by atoms with Crippen LogP contribution in [0.15, 0.2) is 78.9 Å². The molecule has 0 unspecified atom stereocenters. The number of nitrogens with one attached hydrogen (secondary N) is 2. The SMILES string of the molecule is CC(C)(NC(=O)c1ccc(O)c(O)c1)C(=O)Nc1nc(-c2ccccc2)c(Cc2ccccc2)s1. The van der Waals surface area contributed by atoms with Gasteiger partial charge in [-0.05, 0) is 37.6 Å². The molecule has 4 rings (SSSR count). The molecular weight excluding hydrogens is 462 g/mol. The summed E-state index contributed by atoms with van der Waals surface area (Å²) in [4.78, 5) is 31.4. The summed E-state index contributed by atoms with van der Waals surface area (Å²) in [5.74, 6) is -1.74. The van der Waals surface area contributed by atoms with Gasteiger partial charge in [0, 0.05) is 22.4 Å². The summed E-state index contributed by atoms with van der Waals surface area (Å²) < 4.78 is 0. The zero-order chi connectivity index (χ0) is 25.0. The van der Waals surface area contributed by atoms with Gasteiger partial charge in [-0.2, -0.15) is 0 Å². The highest BCUT2D eigenvalue weighted by Gasteiger charge is 2.31. The van der Waals surface area contributed by atoms with Crippen LogP contribution in [0.25, 0.3) is 11.3 Å². The molecule has 2 amide bonds. The number of carbonyl (C=O) groups is 2. The Kier molecular flexibility index (Phi) is 6.84. The van der Waals surface area contributed by atoms with Gasteiger partial charge in [-0.15, -0.1) is 11.3 Å².